The molecule has 0 N–H and O–H groups in total. The van der Waals surface area contributed by atoms with Crippen LogP contribution in [0, 0.1) is 6.92 Å². The van der Waals surface area contributed by atoms with Crippen LogP contribution in [0.2, 0.25) is 0 Å². The second-order valence-corrected chi connectivity index (χ2v) is 5.26. The summed E-state index contributed by atoms with van der Waals surface area (Å²) >= 11 is 7.63. The summed E-state index contributed by atoms with van der Waals surface area (Å²) in [6, 6.07) is 6.12. The highest BCUT2D eigenvalue weighted by Crippen LogP contribution is 2.22. The molecule has 0 amide bonds. The van der Waals surface area contributed by atoms with E-state index in [-0.39, 0.29) is 0 Å². The fraction of sp³-hybridized carbons (Fsp3) is 0.538. The fourth-order valence-electron chi connectivity index (χ4n) is 1.52. The van der Waals surface area contributed by atoms with Gasteiger partial charge in [-0.15, -0.1) is 0 Å². The number of thiol groups is 1. The first kappa shape index (κ1) is 13.9. The van der Waals surface area contributed by atoms with Crippen molar-refractivity contribution in [2.75, 3.05) is 12.4 Å². The molecule has 1 rings (SSSR count). The van der Waals surface area contributed by atoms with E-state index in [0.29, 0.717) is 0 Å². The first-order chi connectivity index (χ1) is 7.74. The Labute approximate surface area is 112 Å². The highest BCUT2D eigenvalue weighted by atomic mass is 79.9. The van der Waals surface area contributed by atoms with Gasteiger partial charge in [0, 0.05) is 4.47 Å². The van der Waals surface area contributed by atoms with E-state index in [2.05, 4.69) is 41.5 Å². The fourth-order valence-corrected chi connectivity index (χ4v) is 2.22. The van der Waals surface area contributed by atoms with Crippen LogP contribution in [0.25, 0.3) is 0 Å². The minimum atomic E-state index is 0.815. The predicted molar refractivity (Wildman–Crippen MR) is 76.7 cm³/mol. The predicted octanol–water partition coefficient (Wildman–Crippen LogP) is 4.63. The molecule has 0 radical (unpaired) electrons. The molecule has 0 unspecified atom stereocenters. The lowest BCUT2D eigenvalue weighted by atomic mass is 10.2. The molecular formula is C13H19BrOS. The third-order valence-electron chi connectivity index (χ3n) is 2.45. The number of aryl methyl sites for hydroxylation is 1. The Morgan fingerprint density at radius 1 is 1.19 bits per heavy atom. The minimum absolute atomic E-state index is 0.815. The lowest BCUT2D eigenvalue weighted by Crippen LogP contribution is -1.98. The van der Waals surface area contributed by atoms with Gasteiger partial charge in [0.2, 0.25) is 0 Å². The van der Waals surface area contributed by atoms with Crippen LogP contribution in [0.15, 0.2) is 22.7 Å². The van der Waals surface area contributed by atoms with Crippen molar-refractivity contribution in [1.29, 1.82) is 0 Å². The zero-order valence-corrected chi connectivity index (χ0v) is 12.2. The zero-order chi connectivity index (χ0) is 11.8. The van der Waals surface area contributed by atoms with E-state index in [9.17, 15) is 0 Å². The summed E-state index contributed by atoms with van der Waals surface area (Å²) in [4.78, 5) is 0. The molecule has 0 atom stereocenters. The van der Waals surface area contributed by atoms with E-state index in [4.69, 9.17) is 4.74 Å². The van der Waals surface area contributed by atoms with Crippen molar-refractivity contribution >= 4 is 28.6 Å². The van der Waals surface area contributed by atoms with E-state index in [1.807, 2.05) is 12.1 Å². The van der Waals surface area contributed by atoms with Gasteiger partial charge in [0.25, 0.3) is 0 Å². The number of unbranched alkanes of at least 4 members (excludes halogenated alkanes) is 3. The second kappa shape index (κ2) is 8.02. The maximum atomic E-state index is 5.73. The maximum absolute atomic E-state index is 5.73. The maximum Gasteiger partial charge on any atom is 0.122 e. The molecule has 0 aliphatic carbocycles. The number of hydrogen-bond donors (Lipinski definition) is 1. The van der Waals surface area contributed by atoms with Gasteiger partial charge in [0.05, 0.1) is 6.61 Å². The Kier molecular flexibility index (Phi) is 6.97. The molecular weight excluding hydrogens is 284 g/mol. The number of halogens is 1. The van der Waals surface area contributed by atoms with E-state index in [0.717, 1.165) is 29.0 Å². The first-order valence-electron chi connectivity index (χ1n) is 5.74. The number of rotatable bonds is 7. The molecule has 3 heteroatoms. The average molecular weight is 303 g/mol. The average Bonchev–Trinajstić information content (AvgIpc) is 2.26. The largest absolute Gasteiger partial charge is 0.493 e. The van der Waals surface area contributed by atoms with E-state index in [1.54, 1.807) is 0 Å². The van der Waals surface area contributed by atoms with Crippen molar-refractivity contribution in [3.8, 4) is 5.75 Å². The van der Waals surface area contributed by atoms with Crippen molar-refractivity contribution in [3.63, 3.8) is 0 Å². The third kappa shape index (κ3) is 5.26. The second-order valence-electron chi connectivity index (χ2n) is 3.90. The van der Waals surface area contributed by atoms with E-state index < -0.39 is 0 Å². The monoisotopic (exact) mass is 302 g/mol. The Balaban J connectivity index is 2.21. The normalized spacial score (nSPS) is 10.4. The van der Waals surface area contributed by atoms with Gasteiger partial charge in [-0.3, -0.25) is 0 Å². The summed E-state index contributed by atoms with van der Waals surface area (Å²) < 4.78 is 6.83. The van der Waals surface area contributed by atoms with Crippen LogP contribution in [0.3, 0.4) is 0 Å². The third-order valence-corrected chi connectivity index (χ3v) is 3.26. The zero-order valence-electron chi connectivity index (χ0n) is 9.71. The SMILES string of the molecule is Cc1cc(Br)ccc1OCCCCCCS. The molecule has 1 aromatic carbocycles. The first-order valence-corrected chi connectivity index (χ1v) is 7.16. The molecule has 0 bridgehead atoms. The number of ether oxygens (including phenoxy) is 1. The van der Waals surface area contributed by atoms with Crippen molar-refractivity contribution < 1.29 is 4.74 Å². The summed E-state index contributed by atoms with van der Waals surface area (Å²) in [5, 5.41) is 0. The van der Waals surface area contributed by atoms with Crippen LogP contribution in [-0.2, 0) is 0 Å². The van der Waals surface area contributed by atoms with Gasteiger partial charge in [0.15, 0.2) is 0 Å². The van der Waals surface area contributed by atoms with Crippen molar-refractivity contribution in [1.82, 2.24) is 0 Å². The smallest absolute Gasteiger partial charge is 0.122 e. The molecule has 90 valence electrons. The molecule has 0 aromatic heterocycles. The van der Waals surface area contributed by atoms with Crippen LogP contribution in [0.1, 0.15) is 31.2 Å². The van der Waals surface area contributed by atoms with Crippen LogP contribution in [0.4, 0.5) is 0 Å². The molecule has 0 saturated heterocycles. The van der Waals surface area contributed by atoms with Gasteiger partial charge in [-0.05, 0) is 49.3 Å². The highest BCUT2D eigenvalue weighted by Gasteiger charge is 1.99. The molecule has 0 fully saturated rings. The summed E-state index contributed by atoms with van der Waals surface area (Å²) in [5.74, 6) is 1.99. The molecule has 1 aromatic rings. The topological polar surface area (TPSA) is 9.23 Å². The van der Waals surface area contributed by atoms with Gasteiger partial charge >= 0.3 is 0 Å². The molecule has 1 nitrogen and oxygen atoms in total. The van der Waals surface area contributed by atoms with E-state index >= 15 is 0 Å². The molecule has 0 heterocycles. The lowest BCUT2D eigenvalue weighted by molar-refractivity contribution is 0.303. The van der Waals surface area contributed by atoms with Crippen LogP contribution in [0.5, 0.6) is 5.75 Å². The van der Waals surface area contributed by atoms with Gasteiger partial charge in [-0.25, -0.2) is 0 Å². The Morgan fingerprint density at radius 3 is 2.62 bits per heavy atom. The summed E-state index contributed by atoms with van der Waals surface area (Å²) in [5.41, 5.74) is 1.18. The summed E-state index contributed by atoms with van der Waals surface area (Å²) in [6.07, 6.45) is 4.83. The van der Waals surface area contributed by atoms with Crippen molar-refractivity contribution in [2.24, 2.45) is 0 Å². The standard InChI is InChI=1S/C13H19BrOS/c1-11-10-12(14)6-7-13(11)15-8-4-2-3-5-9-16/h6-7,10,16H,2-5,8-9H2,1H3. The molecule has 0 saturated carbocycles. The molecule has 16 heavy (non-hydrogen) atoms. The van der Waals surface area contributed by atoms with Gasteiger partial charge in [-0.1, -0.05) is 28.8 Å². The Hall–Kier alpha value is -0.150. The van der Waals surface area contributed by atoms with Gasteiger partial charge in [-0.2, -0.15) is 12.6 Å². The van der Waals surface area contributed by atoms with Crippen molar-refractivity contribution in [2.45, 2.75) is 32.6 Å². The Bertz CT molecular complexity index is 315. The Morgan fingerprint density at radius 2 is 1.94 bits per heavy atom. The minimum Gasteiger partial charge on any atom is -0.493 e. The van der Waals surface area contributed by atoms with Crippen LogP contribution < -0.4 is 4.74 Å². The number of benzene rings is 1. The van der Waals surface area contributed by atoms with Crippen molar-refractivity contribution in [3.05, 3.63) is 28.2 Å². The number of hydrogen-bond acceptors (Lipinski definition) is 2. The molecule has 0 spiro atoms. The van der Waals surface area contributed by atoms with E-state index in [1.165, 1.54) is 24.8 Å². The van der Waals surface area contributed by atoms with Gasteiger partial charge in [0.1, 0.15) is 5.75 Å². The summed E-state index contributed by atoms with van der Waals surface area (Å²) in [6.45, 7) is 2.88. The lowest BCUT2D eigenvalue weighted by Gasteiger charge is -2.09. The van der Waals surface area contributed by atoms with Crippen LogP contribution >= 0.6 is 28.6 Å². The highest BCUT2D eigenvalue weighted by molar-refractivity contribution is 9.10. The van der Waals surface area contributed by atoms with Crippen LogP contribution in [-0.4, -0.2) is 12.4 Å². The quantitative estimate of drug-likeness (QED) is 0.571. The molecule has 0 aliphatic rings. The van der Waals surface area contributed by atoms with Gasteiger partial charge < -0.3 is 4.74 Å². The summed E-state index contributed by atoms with van der Waals surface area (Å²) in [7, 11) is 0. The molecule has 0 aliphatic heterocycles.